The van der Waals surface area contributed by atoms with Gasteiger partial charge in [0.25, 0.3) is 0 Å². The molecule has 4 rings (SSSR count). The van der Waals surface area contributed by atoms with E-state index in [1.807, 2.05) is 5.57 Å². The van der Waals surface area contributed by atoms with Crippen LogP contribution in [0, 0.1) is 34.0 Å². The molecule has 0 aromatic heterocycles. The molecule has 4 aliphatic rings. The topological polar surface area (TPSA) is 0 Å². The molecule has 4 aliphatic carbocycles. The summed E-state index contributed by atoms with van der Waals surface area (Å²) < 4.78 is 0. The summed E-state index contributed by atoms with van der Waals surface area (Å²) in [6.07, 6.45) is 10.3. The Hall–Kier alpha value is -0.260. The highest BCUT2D eigenvalue weighted by Crippen LogP contribution is 2.75. The Labute approximate surface area is 125 Å². The maximum atomic E-state index is 2.64. The van der Waals surface area contributed by atoms with Crippen molar-refractivity contribution in [2.24, 2.45) is 34.0 Å². The van der Waals surface area contributed by atoms with Gasteiger partial charge in [-0.05, 0) is 85.9 Å². The fourth-order valence-electron chi connectivity index (χ4n) is 7.63. The Kier molecular flexibility index (Phi) is 2.50. The predicted octanol–water partition coefficient (Wildman–Crippen LogP) is 5.98. The van der Waals surface area contributed by atoms with E-state index < -0.39 is 0 Å². The summed E-state index contributed by atoms with van der Waals surface area (Å²) in [5, 5.41) is 0. The molecule has 112 valence electrons. The van der Waals surface area contributed by atoms with Crippen LogP contribution in [-0.2, 0) is 0 Å². The Balaban J connectivity index is 1.89. The molecule has 0 amide bonds. The highest BCUT2D eigenvalue weighted by Gasteiger charge is 2.66. The normalized spacial score (nSPS) is 53.0. The monoisotopic (exact) mass is 272 g/mol. The number of hydrogen-bond donors (Lipinski definition) is 0. The molecule has 0 aliphatic heterocycles. The van der Waals surface area contributed by atoms with Gasteiger partial charge in [-0.1, -0.05) is 38.8 Å². The third-order valence-electron chi connectivity index (χ3n) is 8.36. The van der Waals surface area contributed by atoms with E-state index in [0.29, 0.717) is 16.2 Å². The van der Waals surface area contributed by atoms with Crippen molar-refractivity contribution >= 4 is 0 Å². The second kappa shape index (κ2) is 3.73. The summed E-state index contributed by atoms with van der Waals surface area (Å²) in [6, 6.07) is 0. The van der Waals surface area contributed by atoms with Gasteiger partial charge in [-0.2, -0.15) is 0 Å². The third-order valence-corrected chi connectivity index (χ3v) is 8.36. The van der Waals surface area contributed by atoms with E-state index in [9.17, 15) is 0 Å². The highest BCUT2D eigenvalue weighted by atomic mass is 14.7. The van der Waals surface area contributed by atoms with Crippen LogP contribution in [0.5, 0.6) is 0 Å². The third kappa shape index (κ3) is 1.35. The average molecular weight is 272 g/mol. The van der Waals surface area contributed by atoms with Crippen molar-refractivity contribution < 1.29 is 0 Å². The lowest BCUT2D eigenvalue weighted by molar-refractivity contribution is -0.0226. The number of rotatable bonds is 0. The first-order valence-electron chi connectivity index (χ1n) is 9.00. The predicted molar refractivity (Wildman–Crippen MR) is 85.5 cm³/mol. The maximum absolute atomic E-state index is 2.64. The lowest BCUT2D eigenvalue weighted by atomic mass is 9.49. The number of allylic oxidation sites excluding steroid dienone is 2. The van der Waals surface area contributed by atoms with Gasteiger partial charge in [0, 0.05) is 0 Å². The first kappa shape index (κ1) is 13.4. The fraction of sp³-hybridized carbons (Fsp3) is 0.900. The van der Waals surface area contributed by atoms with Crippen LogP contribution in [0.15, 0.2) is 11.1 Å². The lowest BCUT2D eigenvalue weighted by Crippen LogP contribution is -2.49. The molecule has 0 aromatic rings. The Morgan fingerprint density at radius 1 is 1.00 bits per heavy atom. The van der Waals surface area contributed by atoms with Gasteiger partial charge >= 0.3 is 0 Å². The highest BCUT2D eigenvalue weighted by molar-refractivity contribution is 5.36. The van der Waals surface area contributed by atoms with E-state index in [4.69, 9.17) is 0 Å². The van der Waals surface area contributed by atoms with E-state index in [0.717, 1.165) is 17.8 Å². The fourth-order valence-corrected chi connectivity index (χ4v) is 7.63. The van der Waals surface area contributed by atoms with Crippen LogP contribution < -0.4 is 0 Å². The van der Waals surface area contributed by atoms with Gasteiger partial charge in [-0.3, -0.25) is 0 Å². The average Bonchev–Trinajstić information content (AvgIpc) is 2.94. The van der Waals surface area contributed by atoms with E-state index in [1.54, 1.807) is 5.57 Å². The molecule has 0 radical (unpaired) electrons. The van der Waals surface area contributed by atoms with Crippen molar-refractivity contribution in [3.05, 3.63) is 11.1 Å². The minimum absolute atomic E-state index is 0.582. The molecule has 0 nitrogen and oxygen atoms in total. The van der Waals surface area contributed by atoms with Crippen LogP contribution in [0.3, 0.4) is 0 Å². The van der Waals surface area contributed by atoms with Gasteiger partial charge in [0.2, 0.25) is 0 Å². The van der Waals surface area contributed by atoms with Crippen LogP contribution in [0.4, 0.5) is 0 Å². The quantitative estimate of drug-likeness (QED) is 0.476. The first-order chi connectivity index (χ1) is 9.31. The van der Waals surface area contributed by atoms with Crippen LogP contribution in [-0.4, -0.2) is 0 Å². The molecule has 20 heavy (non-hydrogen) atoms. The zero-order valence-electron chi connectivity index (χ0n) is 14.2. The molecule has 0 saturated heterocycles. The van der Waals surface area contributed by atoms with Gasteiger partial charge < -0.3 is 0 Å². The SMILES string of the molecule is CC1=C2CC3(C)CCC(C)(C)C3C3CCC(C)C23CC1. The number of fused-ring (bicyclic) bond motifs is 2. The second-order valence-electron chi connectivity index (χ2n) is 9.68. The molecular weight excluding hydrogens is 240 g/mol. The van der Waals surface area contributed by atoms with Crippen molar-refractivity contribution in [2.45, 2.75) is 79.6 Å². The molecule has 0 aromatic carbocycles. The minimum Gasteiger partial charge on any atom is -0.0735 e. The zero-order valence-corrected chi connectivity index (χ0v) is 14.2. The van der Waals surface area contributed by atoms with Crippen LogP contribution >= 0.6 is 0 Å². The summed E-state index contributed by atoms with van der Waals surface area (Å²) >= 11 is 0. The van der Waals surface area contributed by atoms with Gasteiger partial charge in [0.05, 0.1) is 0 Å². The van der Waals surface area contributed by atoms with Crippen molar-refractivity contribution in [3.8, 4) is 0 Å². The molecule has 3 saturated carbocycles. The lowest BCUT2D eigenvalue weighted by Gasteiger charge is -2.56. The van der Waals surface area contributed by atoms with Crippen molar-refractivity contribution in [2.75, 3.05) is 0 Å². The summed E-state index contributed by atoms with van der Waals surface area (Å²) in [7, 11) is 0. The Morgan fingerprint density at radius 2 is 1.75 bits per heavy atom. The van der Waals surface area contributed by atoms with Gasteiger partial charge in [-0.25, -0.2) is 0 Å². The molecule has 1 spiro atoms. The smallest absolute Gasteiger partial charge is 0.00254 e. The maximum Gasteiger partial charge on any atom is -0.00254 e. The molecule has 0 N–H and O–H groups in total. The van der Waals surface area contributed by atoms with Gasteiger partial charge in [-0.15, -0.1) is 0 Å². The van der Waals surface area contributed by atoms with E-state index in [1.165, 1.54) is 44.9 Å². The molecule has 3 fully saturated rings. The largest absolute Gasteiger partial charge is 0.0735 e. The Morgan fingerprint density at radius 3 is 2.50 bits per heavy atom. The van der Waals surface area contributed by atoms with Crippen molar-refractivity contribution in [1.82, 2.24) is 0 Å². The van der Waals surface area contributed by atoms with Crippen LogP contribution in [0.25, 0.3) is 0 Å². The van der Waals surface area contributed by atoms with Gasteiger partial charge in [0.15, 0.2) is 0 Å². The zero-order chi connectivity index (χ0) is 14.3. The molecular formula is C20H32. The Bertz CT molecular complexity index is 482. The van der Waals surface area contributed by atoms with E-state index in [2.05, 4.69) is 34.6 Å². The molecule has 0 heteroatoms. The molecule has 5 unspecified atom stereocenters. The first-order valence-corrected chi connectivity index (χ1v) is 9.00. The van der Waals surface area contributed by atoms with Crippen LogP contribution in [0.1, 0.15) is 79.6 Å². The van der Waals surface area contributed by atoms with Gasteiger partial charge in [0.1, 0.15) is 0 Å². The van der Waals surface area contributed by atoms with E-state index in [-0.39, 0.29) is 0 Å². The second-order valence-corrected chi connectivity index (χ2v) is 9.68. The standard InChI is InChI=1S/C20H32/c1-13-8-9-20-14(2)6-7-15(20)17-18(3,4)10-11-19(17,5)12-16(13)20/h14-15,17H,6-12H2,1-5H3. The van der Waals surface area contributed by atoms with Crippen molar-refractivity contribution in [1.29, 1.82) is 0 Å². The summed E-state index contributed by atoms with van der Waals surface area (Å²) in [5.74, 6) is 2.93. The van der Waals surface area contributed by atoms with E-state index >= 15 is 0 Å². The minimum atomic E-state index is 0.582. The molecule has 0 bridgehead atoms. The molecule has 5 atom stereocenters. The summed E-state index contributed by atoms with van der Waals surface area (Å²) in [5.41, 5.74) is 5.56. The summed E-state index contributed by atoms with van der Waals surface area (Å²) in [4.78, 5) is 0. The molecule has 0 heterocycles. The van der Waals surface area contributed by atoms with Crippen molar-refractivity contribution in [3.63, 3.8) is 0 Å². The number of hydrogen-bond acceptors (Lipinski definition) is 0. The summed E-state index contributed by atoms with van der Waals surface area (Å²) in [6.45, 7) is 12.8. The van der Waals surface area contributed by atoms with Crippen LogP contribution in [0.2, 0.25) is 0 Å².